The molecule has 0 unspecified atom stereocenters. The van der Waals surface area contributed by atoms with Crippen LogP contribution < -0.4 is 10.1 Å². The zero-order valence-electron chi connectivity index (χ0n) is 9.23. The molecule has 0 spiro atoms. The third kappa shape index (κ3) is 2.49. The molecule has 5 heteroatoms. The number of hydrogen-bond donors (Lipinski definition) is 1. The van der Waals surface area contributed by atoms with Crippen LogP contribution >= 0.6 is 11.5 Å². The van der Waals surface area contributed by atoms with Gasteiger partial charge in [0.15, 0.2) is 0 Å². The summed E-state index contributed by atoms with van der Waals surface area (Å²) in [6.45, 7) is 2.71. The van der Waals surface area contributed by atoms with Crippen molar-refractivity contribution in [1.82, 2.24) is 9.59 Å². The van der Waals surface area contributed by atoms with Crippen LogP contribution in [0, 0.1) is 6.92 Å². The van der Waals surface area contributed by atoms with E-state index in [1.807, 2.05) is 17.5 Å². The Morgan fingerprint density at radius 1 is 1.44 bits per heavy atom. The molecule has 0 aliphatic heterocycles. The summed E-state index contributed by atoms with van der Waals surface area (Å²) < 4.78 is 9.09. The second-order valence-electron chi connectivity index (χ2n) is 3.45. The molecule has 1 aromatic carbocycles. The summed E-state index contributed by atoms with van der Waals surface area (Å²) in [4.78, 5) is 0. The van der Waals surface area contributed by atoms with E-state index in [2.05, 4.69) is 27.9 Å². The summed E-state index contributed by atoms with van der Waals surface area (Å²) >= 11 is 1.36. The Kier molecular flexibility index (Phi) is 3.36. The van der Waals surface area contributed by atoms with E-state index < -0.39 is 0 Å². The second-order valence-corrected chi connectivity index (χ2v) is 4.06. The lowest BCUT2D eigenvalue weighted by Gasteiger charge is -2.10. The number of hydrogen-bond acceptors (Lipinski definition) is 5. The number of aromatic nitrogens is 2. The Bertz CT molecular complexity index is 456. The molecule has 84 valence electrons. The molecule has 0 fully saturated rings. The predicted molar refractivity (Wildman–Crippen MR) is 65.0 cm³/mol. The van der Waals surface area contributed by atoms with Gasteiger partial charge in [0, 0.05) is 5.38 Å². The van der Waals surface area contributed by atoms with Crippen LogP contribution in [0.25, 0.3) is 0 Å². The first-order valence-corrected chi connectivity index (χ1v) is 5.77. The molecule has 0 aliphatic rings. The maximum atomic E-state index is 5.27. The molecule has 0 bridgehead atoms. The Balaban J connectivity index is 2.11. The molecule has 1 heterocycles. The van der Waals surface area contributed by atoms with Crippen LogP contribution in [-0.2, 0) is 6.54 Å². The Morgan fingerprint density at radius 2 is 2.31 bits per heavy atom. The van der Waals surface area contributed by atoms with Crippen LogP contribution in [0.1, 0.15) is 11.3 Å². The SMILES string of the molecule is COc1ccc(C)cc1NCc1csnn1. The zero-order valence-corrected chi connectivity index (χ0v) is 10.0. The Hall–Kier alpha value is -1.62. The molecule has 16 heavy (non-hydrogen) atoms. The first kappa shape index (κ1) is 10.9. The van der Waals surface area contributed by atoms with Gasteiger partial charge in [-0.15, -0.1) is 5.10 Å². The van der Waals surface area contributed by atoms with E-state index in [0.29, 0.717) is 6.54 Å². The number of benzene rings is 1. The molecule has 0 saturated heterocycles. The minimum atomic E-state index is 0.663. The molecule has 2 rings (SSSR count). The monoisotopic (exact) mass is 235 g/mol. The molecule has 2 aromatic rings. The van der Waals surface area contributed by atoms with E-state index >= 15 is 0 Å². The summed E-state index contributed by atoms with van der Waals surface area (Å²) in [6.07, 6.45) is 0. The lowest BCUT2D eigenvalue weighted by atomic mass is 10.2. The van der Waals surface area contributed by atoms with Gasteiger partial charge in [-0.3, -0.25) is 0 Å². The van der Waals surface area contributed by atoms with Crippen LogP contribution in [0.4, 0.5) is 5.69 Å². The van der Waals surface area contributed by atoms with E-state index in [1.54, 1.807) is 7.11 Å². The highest BCUT2D eigenvalue weighted by molar-refractivity contribution is 7.03. The van der Waals surface area contributed by atoms with Gasteiger partial charge in [-0.1, -0.05) is 10.6 Å². The normalized spacial score (nSPS) is 10.1. The first-order chi connectivity index (χ1) is 7.79. The van der Waals surface area contributed by atoms with Gasteiger partial charge in [0.05, 0.1) is 25.0 Å². The highest BCUT2D eigenvalue weighted by Gasteiger charge is 2.03. The number of rotatable bonds is 4. The fourth-order valence-corrected chi connectivity index (χ4v) is 1.86. The van der Waals surface area contributed by atoms with Crippen molar-refractivity contribution >= 4 is 17.2 Å². The van der Waals surface area contributed by atoms with Crippen molar-refractivity contribution in [3.63, 3.8) is 0 Å². The van der Waals surface area contributed by atoms with Crippen molar-refractivity contribution in [3.05, 3.63) is 34.8 Å². The second kappa shape index (κ2) is 4.94. The largest absolute Gasteiger partial charge is 0.495 e. The number of ether oxygens (including phenoxy) is 1. The Labute approximate surface area is 98.4 Å². The third-order valence-corrected chi connectivity index (χ3v) is 2.77. The molecular weight excluding hydrogens is 222 g/mol. The van der Waals surface area contributed by atoms with Crippen molar-refractivity contribution < 1.29 is 4.74 Å². The minimum Gasteiger partial charge on any atom is -0.495 e. The molecule has 1 N–H and O–H groups in total. The topological polar surface area (TPSA) is 47.0 Å². The van der Waals surface area contributed by atoms with Crippen LogP contribution in [0.5, 0.6) is 5.75 Å². The van der Waals surface area contributed by atoms with Gasteiger partial charge < -0.3 is 10.1 Å². The summed E-state index contributed by atoms with van der Waals surface area (Å²) in [7, 11) is 1.67. The van der Waals surface area contributed by atoms with Crippen LogP contribution in [0.3, 0.4) is 0 Å². The number of methoxy groups -OCH3 is 1. The lowest BCUT2D eigenvalue weighted by Crippen LogP contribution is -2.02. The van der Waals surface area contributed by atoms with Gasteiger partial charge in [0.25, 0.3) is 0 Å². The number of anilines is 1. The molecule has 0 amide bonds. The van der Waals surface area contributed by atoms with Crippen molar-refractivity contribution in [2.45, 2.75) is 13.5 Å². The van der Waals surface area contributed by atoms with Crippen LogP contribution in [-0.4, -0.2) is 16.7 Å². The fraction of sp³-hybridized carbons (Fsp3) is 0.273. The molecule has 4 nitrogen and oxygen atoms in total. The van der Waals surface area contributed by atoms with Gasteiger partial charge in [-0.25, -0.2) is 0 Å². The fourth-order valence-electron chi connectivity index (χ4n) is 1.41. The van der Waals surface area contributed by atoms with Crippen LogP contribution in [0.15, 0.2) is 23.6 Å². The molecule has 1 aromatic heterocycles. The molecule has 0 aliphatic carbocycles. The number of nitrogens with one attached hydrogen (secondary N) is 1. The number of nitrogens with zero attached hydrogens (tertiary/aromatic N) is 2. The van der Waals surface area contributed by atoms with Gasteiger partial charge in [-0.05, 0) is 36.2 Å². The number of aryl methyl sites for hydroxylation is 1. The van der Waals surface area contributed by atoms with Gasteiger partial charge in [-0.2, -0.15) is 0 Å². The Morgan fingerprint density at radius 3 is 3.00 bits per heavy atom. The third-order valence-electron chi connectivity index (χ3n) is 2.22. The predicted octanol–water partition coefficient (Wildman–Crippen LogP) is 2.47. The van der Waals surface area contributed by atoms with Crippen molar-refractivity contribution in [2.75, 3.05) is 12.4 Å². The van der Waals surface area contributed by atoms with Gasteiger partial charge >= 0.3 is 0 Å². The minimum absolute atomic E-state index is 0.663. The first-order valence-electron chi connectivity index (χ1n) is 4.94. The average molecular weight is 235 g/mol. The smallest absolute Gasteiger partial charge is 0.141 e. The van der Waals surface area contributed by atoms with Crippen molar-refractivity contribution in [3.8, 4) is 5.75 Å². The highest BCUT2D eigenvalue weighted by Crippen LogP contribution is 2.25. The van der Waals surface area contributed by atoms with Gasteiger partial charge in [0.1, 0.15) is 5.75 Å². The quantitative estimate of drug-likeness (QED) is 0.884. The van der Waals surface area contributed by atoms with Crippen molar-refractivity contribution in [1.29, 1.82) is 0 Å². The van der Waals surface area contributed by atoms with Gasteiger partial charge in [0.2, 0.25) is 0 Å². The van der Waals surface area contributed by atoms with Crippen LogP contribution in [0.2, 0.25) is 0 Å². The van der Waals surface area contributed by atoms with E-state index in [4.69, 9.17) is 4.74 Å². The summed E-state index contributed by atoms with van der Waals surface area (Å²) in [5.74, 6) is 0.841. The highest BCUT2D eigenvalue weighted by atomic mass is 32.1. The van der Waals surface area contributed by atoms with E-state index in [-0.39, 0.29) is 0 Å². The van der Waals surface area contributed by atoms with Crippen molar-refractivity contribution in [2.24, 2.45) is 0 Å². The van der Waals surface area contributed by atoms with E-state index in [9.17, 15) is 0 Å². The standard InChI is InChI=1S/C11H13N3OS/c1-8-3-4-11(15-2)10(5-8)12-6-9-7-16-14-13-9/h3-5,7,12H,6H2,1-2H3. The lowest BCUT2D eigenvalue weighted by molar-refractivity contribution is 0.416. The maximum Gasteiger partial charge on any atom is 0.141 e. The summed E-state index contributed by atoms with van der Waals surface area (Å²) in [6, 6.07) is 6.03. The van der Waals surface area contributed by atoms with E-state index in [1.165, 1.54) is 17.1 Å². The molecule has 0 saturated carbocycles. The van der Waals surface area contributed by atoms with E-state index in [0.717, 1.165) is 17.1 Å². The summed E-state index contributed by atoms with van der Waals surface area (Å²) in [5.41, 5.74) is 3.11. The zero-order chi connectivity index (χ0) is 11.4. The molecule has 0 atom stereocenters. The molecule has 0 radical (unpaired) electrons. The average Bonchev–Trinajstić information content (AvgIpc) is 2.79. The summed E-state index contributed by atoms with van der Waals surface area (Å²) in [5, 5.41) is 9.19. The molecular formula is C11H13N3OS. The maximum absolute atomic E-state index is 5.27.